The zero-order valence-corrected chi connectivity index (χ0v) is 10.5. The summed E-state index contributed by atoms with van der Waals surface area (Å²) < 4.78 is 0. The van der Waals surface area contributed by atoms with E-state index in [1.807, 2.05) is 0 Å². The Balaban J connectivity index is 0.000000980. The molecular weight excluding hydrogens is 213 g/mol. The number of benzene rings is 1. The van der Waals surface area contributed by atoms with E-state index in [9.17, 15) is 9.90 Å². The van der Waals surface area contributed by atoms with Crippen molar-refractivity contribution in [2.24, 2.45) is 0 Å². The van der Waals surface area contributed by atoms with Crippen LogP contribution in [0, 0.1) is 0 Å². The molecule has 66 valence electrons. The van der Waals surface area contributed by atoms with E-state index in [1.54, 1.807) is 6.07 Å². The Bertz CT molecular complexity index is 482. The monoisotopic (exact) mass is 217 g/mol. The molecule has 0 radical (unpaired) electrons. The molecule has 1 aromatic carbocycles. The summed E-state index contributed by atoms with van der Waals surface area (Å²) in [5.41, 5.74) is 0.219. The van der Waals surface area contributed by atoms with E-state index in [1.165, 1.54) is 12.1 Å². The van der Waals surface area contributed by atoms with Crippen molar-refractivity contribution in [3.8, 4) is 0 Å². The Labute approximate surface area is 121 Å². The first-order chi connectivity index (χ1) is 6.20. The molecule has 0 spiro atoms. The van der Waals surface area contributed by atoms with Crippen molar-refractivity contribution >= 4 is 17.0 Å². The number of fused-ring (bicyclic) bond motifs is 1. The van der Waals surface area contributed by atoms with Crippen LogP contribution in [-0.2, 0) is 0 Å². The molecule has 0 amide bonds. The van der Waals surface area contributed by atoms with Crippen molar-refractivity contribution in [3.63, 3.8) is 0 Å². The van der Waals surface area contributed by atoms with Gasteiger partial charge in [-0.1, -0.05) is 17.0 Å². The van der Waals surface area contributed by atoms with E-state index >= 15 is 0 Å². The molecule has 2 aromatic rings. The molecule has 0 aliphatic carbocycles. The minimum atomic E-state index is -1.37. The minimum Gasteiger partial charge on any atom is -0.545 e. The van der Waals surface area contributed by atoms with Gasteiger partial charge in [0.1, 0.15) is 11.0 Å². The van der Waals surface area contributed by atoms with Crippen LogP contribution in [0.2, 0.25) is 0 Å². The largest absolute Gasteiger partial charge is 1.00 e. The number of para-hydroxylation sites is 1. The first-order valence-corrected chi connectivity index (χ1v) is 3.45. The molecule has 0 aliphatic heterocycles. The molecule has 0 unspecified atom stereocenters. The van der Waals surface area contributed by atoms with Crippen molar-refractivity contribution in [1.29, 1.82) is 0 Å². The van der Waals surface area contributed by atoms with Crippen LogP contribution in [0.4, 0.5) is 0 Å². The number of nitrogens with zero attached hydrogens (tertiary/aromatic N) is 3. The molecule has 0 saturated carbocycles. The number of hydrogen-bond acceptors (Lipinski definition) is 5. The number of rotatable bonds is 1. The molecular formula is C7H4KN3O3. The molecule has 7 heteroatoms. The maximum absolute atomic E-state index is 10.6. The summed E-state index contributed by atoms with van der Waals surface area (Å²) >= 11 is 0. The number of carbonyl (C=O) groups is 1. The fraction of sp³-hybridized carbons (Fsp3) is 0. The molecule has 1 N–H and O–H groups in total. The second-order valence-electron chi connectivity index (χ2n) is 2.44. The molecule has 0 atom stereocenters. The summed E-state index contributed by atoms with van der Waals surface area (Å²) in [6.45, 7) is 0. The van der Waals surface area contributed by atoms with Gasteiger partial charge in [-0.25, -0.2) is 0 Å². The minimum absolute atomic E-state index is 0. The molecule has 2 rings (SSSR count). The van der Waals surface area contributed by atoms with Crippen molar-refractivity contribution in [1.82, 2.24) is 15.2 Å². The van der Waals surface area contributed by atoms with Crippen molar-refractivity contribution in [3.05, 3.63) is 23.8 Å². The van der Waals surface area contributed by atoms with Gasteiger partial charge in [0.25, 0.3) is 0 Å². The number of aromatic nitrogens is 3. The summed E-state index contributed by atoms with van der Waals surface area (Å²) in [7, 11) is 0. The van der Waals surface area contributed by atoms with Crippen LogP contribution < -0.4 is 56.5 Å². The van der Waals surface area contributed by atoms with Gasteiger partial charge >= 0.3 is 51.4 Å². The van der Waals surface area contributed by atoms with Gasteiger partial charge in [-0.05, 0) is 11.3 Å². The van der Waals surface area contributed by atoms with Crippen LogP contribution >= 0.6 is 0 Å². The van der Waals surface area contributed by atoms with Crippen molar-refractivity contribution < 1.29 is 66.5 Å². The predicted molar refractivity (Wildman–Crippen MR) is 39.0 cm³/mol. The number of carboxylic acid groups (broad SMARTS) is 1. The van der Waals surface area contributed by atoms with Crippen LogP contribution in [0.15, 0.2) is 18.2 Å². The number of aromatic carboxylic acids is 1. The third-order valence-corrected chi connectivity index (χ3v) is 1.67. The zero-order chi connectivity index (χ0) is 9.42. The average Bonchev–Trinajstić information content (AvgIpc) is 2.48. The van der Waals surface area contributed by atoms with Gasteiger partial charge in [0.05, 0.1) is 5.97 Å². The van der Waals surface area contributed by atoms with Gasteiger partial charge in [0, 0.05) is 5.56 Å². The molecule has 0 aliphatic rings. The molecule has 6 nitrogen and oxygen atoms in total. The Morgan fingerprint density at radius 3 is 2.86 bits per heavy atom. The van der Waals surface area contributed by atoms with Gasteiger partial charge in [0.2, 0.25) is 0 Å². The average molecular weight is 217 g/mol. The number of hydrogen-bond donors (Lipinski definition) is 1. The summed E-state index contributed by atoms with van der Waals surface area (Å²) in [6.07, 6.45) is 0. The Morgan fingerprint density at radius 2 is 2.21 bits per heavy atom. The van der Waals surface area contributed by atoms with Crippen molar-refractivity contribution in [2.75, 3.05) is 0 Å². The molecule has 1 heterocycles. The summed E-state index contributed by atoms with van der Waals surface area (Å²) in [5, 5.41) is 26.5. The van der Waals surface area contributed by atoms with Crippen LogP contribution in [0.25, 0.3) is 11.0 Å². The van der Waals surface area contributed by atoms with E-state index in [4.69, 9.17) is 5.21 Å². The van der Waals surface area contributed by atoms with E-state index in [0.717, 1.165) is 0 Å². The topological polar surface area (TPSA) is 91.1 Å². The Kier molecular flexibility index (Phi) is 3.62. The second-order valence-corrected chi connectivity index (χ2v) is 2.44. The number of carboxylic acids is 1. The van der Waals surface area contributed by atoms with Gasteiger partial charge in [-0.3, -0.25) is 0 Å². The van der Waals surface area contributed by atoms with E-state index in [2.05, 4.69) is 10.3 Å². The molecule has 0 bridgehead atoms. The zero-order valence-electron chi connectivity index (χ0n) is 7.34. The smallest absolute Gasteiger partial charge is 0.545 e. The van der Waals surface area contributed by atoms with Gasteiger partial charge < -0.3 is 15.1 Å². The normalized spacial score (nSPS) is 9.71. The third-order valence-electron chi connectivity index (χ3n) is 1.67. The van der Waals surface area contributed by atoms with Crippen LogP contribution in [0.5, 0.6) is 0 Å². The van der Waals surface area contributed by atoms with Crippen molar-refractivity contribution in [2.45, 2.75) is 0 Å². The quantitative estimate of drug-likeness (QED) is 0.389. The Hall–Kier alpha value is -0.474. The SMILES string of the molecule is O=C([O-])c1cccc2nnn(O)c12.[K+]. The summed E-state index contributed by atoms with van der Waals surface area (Å²) in [5.74, 6) is -1.37. The van der Waals surface area contributed by atoms with Crippen LogP contribution in [-0.4, -0.2) is 26.3 Å². The molecule has 1 aromatic heterocycles. The van der Waals surface area contributed by atoms with E-state index in [0.29, 0.717) is 10.4 Å². The maximum Gasteiger partial charge on any atom is 1.00 e. The second kappa shape index (κ2) is 4.36. The molecule has 0 fully saturated rings. The predicted octanol–water partition coefficient (Wildman–Crippen LogP) is -3.96. The maximum atomic E-state index is 10.6. The van der Waals surface area contributed by atoms with E-state index in [-0.39, 0.29) is 62.5 Å². The fourth-order valence-electron chi connectivity index (χ4n) is 1.12. The summed E-state index contributed by atoms with van der Waals surface area (Å²) in [4.78, 5) is 11.0. The first kappa shape index (κ1) is 11.6. The van der Waals surface area contributed by atoms with Gasteiger partial charge in [-0.2, -0.15) is 0 Å². The van der Waals surface area contributed by atoms with E-state index < -0.39 is 5.97 Å². The standard InChI is InChI=1S/C7H5N3O3.K/c11-7(12)4-2-1-3-5-6(4)10(13)9-8-5;/h1-3,13H,(H,11,12);/q;+1/p-1. The van der Waals surface area contributed by atoms with Gasteiger partial charge in [0.15, 0.2) is 0 Å². The summed E-state index contributed by atoms with van der Waals surface area (Å²) in [6, 6.07) is 4.36. The first-order valence-electron chi connectivity index (χ1n) is 3.45. The third kappa shape index (κ3) is 1.82. The fourth-order valence-corrected chi connectivity index (χ4v) is 1.12. The van der Waals surface area contributed by atoms with Gasteiger partial charge in [-0.15, -0.1) is 5.10 Å². The molecule has 0 saturated heterocycles. The number of carbonyl (C=O) groups excluding carboxylic acids is 1. The van der Waals surface area contributed by atoms with Crippen LogP contribution in [0.1, 0.15) is 10.4 Å². The van der Waals surface area contributed by atoms with Crippen LogP contribution in [0.3, 0.4) is 0 Å². The Morgan fingerprint density at radius 1 is 1.50 bits per heavy atom. The molecule has 14 heavy (non-hydrogen) atoms.